The topological polar surface area (TPSA) is 59.7 Å². The molecule has 0 unspecified atom stereocenters. The summed E-state index contributed by atoms with van der Waals surface area (Å²) in [7, 11) is 0. The molecule has 2 aliphatic heterocycles. The molecule has 1 aromatic heterocycles. The molecule has 0 bridgehead atoms. The van der Waals surface area contributed by atoms with Gasteiger partial charge in [0.1, 0.15) is 18.4 Å². The van der Waals surface area contributed by atoms with Crippen molar-refractivity contribution < 1.29 is 14.0 Å². The Morgan fingerprint density at radius 1 is 1.00 bits per heavy atom. The van der Waals surface area contributed by atoms with Crippen molar-refractivity contribution in [2.24, 2.45) is 0 Å². The van der Waals surface area contributed by atoms with Crippen LogP contribution in [0.25, 0.3) is 10.9 Å². The quantitative estimate of drug-likeness (QED) is 0.562. The largest absolute Gasteiger partial charge is 0.351 e. The number of carbonyl (C=O) groups is 2. The summed E-state index contributed by atoms with van der Waals surface area (Å²) in [5.74, 6) is 0.470. The number of carbonyl (C=O) groups excluding carboxylic acids is 2. The average Bonchev–Trinajstić information content (AvgIpc) is 3.66. The predicted molar refractivity (Wildman–Crippen MR) is 138 cm³/mol. The number of benzene rings is 2. The van der Waals surface area contributed by atoms with E-state index in [9.17, 15) is 14.0 Å². The third-order valence-corrected chi connectivity index (χ3v) is 7.91. The van der Waals surface area contributed by atoms with Crippen LogP contribution in [0.2, 0.25) is 0 Å². The van der Waals surface area contributed by atoms with Gasteiger partial charge in [-0.25, -0.2) is 4.39 Å². The fraction of sp³-hybridized carbons (Fsp3) is 0.448. The molecule has 2 aromatic carbocycles. The van der Waals surface area contributed by atoms with Crippen LogP contribution in [0.3, 0.4) is 0 Å². The van der Waals surface area contributed by atoms with Crippen LogP contribution in [0, 0.1) is 0 Å². The van der Waals surface area contributed by atoms with E-state index in [1.807, 2.05) is 41.3 Å². The molecule has 1 N–H and O–H groups in total. The molecule has 3 aliphatic rings. The fourth-order valence-electron chi connectivity index (χ4n) is 5.67. The smallest absolute Gasteiger partial charge is 0.270 e. The van der Waals surface area contributed by atoms with Gasteiger partial charge < -0.3 is 19.7 Å². The van der Waals surface area contributed by atoms with Crippen molar-refractivity contribution in [3.05, 3.63) is 71.4 Å². The van der Waals surface area contributed by atoms with Crippen molar-refractivity contribution in [2.45, 2.75) is 50.4 Å². The summed E-state index contributed by atoms with van der Waals surface area (Å²) in [6.45, 7) is 3.07. The molecule has 2 saturated heterocycles. The Morgan fingerprint density at radius 2 is 1.78 bits per heavy atom. The number of nitrogens with one attached hydrogen (secondary N) is 1. The van der Waals surface area contributed by atoms with Crippen molar-refractivity contribution in [1.82, 2.24) is 19.7 Å². The second-order valence-electron chi connectivity index (χ2n) is 10.6. The van der Waals surface area contributed by atoms with E-state index in [-0.39, 0.29) is 24.4 Å². The summed E-state index contributed by atoms with van der Waals surface area (Å²) in [5, 5.41) is 1.04. The highest BCUT2D eigenvalue weighted by atomic mass is 19.1. The molecule has 3 fully saturated rings. The zero-order chi connectivity index (χ0) is 24.6. The minimum atomic E-state index is -0.741. The number of halogens is 1. The number of alkyl halides is 1. The minimum absolute atomic E-state index is 0.0454. The molecule has 2 amide bonds. The molecule has 1 saturated carbocycles. The van der Waals surface area contributed by atoms with Gasteiger partial charge >= 0.3 is 0 Å². The van der Waals surface area contributed by atoms with E-state index in [1.165, 1.54) is 18.4 Å². The number of hydrogen-bond donors (Lipinski definition) is 1. The first-order valence-electron chi connectivity index (χ1n) is 13.2. The number of nitrogens with zero attached hydrogens (tertiary/aromatic N) is 3. The van der Waals surface area contributed by atoms with Gasteiger partial charge in [0, 0.05) is 43.6 Å². The van der Waals surface area contributed by atoms with Crippen LogP contribution in [0.1, 0.15) is 53.2 Å². The summed E-state index contributed by atoms with van der Waals surface area (Å²) in [5.41, 5.74) is 3.88. The van der Waals surface area contributed by atoms with Crippen molar-refractivity contribution in [3.63, 3.8) is 0 Å². The highest BCUT2D eigenvalue weighted by Gasteiger charge is 2.37. The van der Waals surface area contributed by atoms with E-state index < -0.39 is 6.17 Å². The molecule has 36 heavy (non-hydrogen) atoms. The number of piperazine rings is 1. The van der Waals surface area contributed by atoms with Gasteiger partial charge in [-0.05, 0) is 60.9 Å². The number of hydrogen-bond acceptors (Lipinski definition) is 3. The van der Waals surface area contributed by atoms with Crippen LogP contribution in [0.4, 0.5) is 4.39 Å². The Bertz CT molecular complexity index is 1250. The van der Waals surface area contributed by atoms with Gasteiger partial charge in [-0.1, -0.05) is 36.4 Å². The van der Waals surface area contributed by atoms with Crippen LogP contribution < -0.4 is 0 Å². The second kappa shape index (κ2) is 9.69. The van der Waals surface area contributed by atoms with Crippen LogP contribution in [-0.4, -0.2) is 76.4 Å². The first-order chi connectivity index (χ1) is 17.5. The summed E-state index contributed by atoms with van der Waals surface area (Å²) < 4.78 is 13.7. The van der Waals surface area contributed by atoms with Crippen molar-refractivity contribution >= 4 is 22.7 Å². The maximum Gasteiger partial charge on any atom is 0.270 e. The average molecular weight is 489 g/mol. The van der Waals surface area contributed by atoms with Gasteiger partial charge in [0.15, 0.2) is 0 Å². The molecular formula is C29H33FN4O2. The van der Waals surface area contributed by atoms with Crippen LogP contribution in [0.15, 0.2) is 54.6 Å². The van der Waals surface area contributed by atoms with E-state index in [4.69, 9.17) is 0 Å². The Balaban J connectivity index is 1.22. The van der Waals surface area contributed by atoms with Gasteiger partial charge in [0.25, 0.3) is 5.91 Å². The van der Waals surface area contributed by atoms with E-state index in [0.717, 1.165) is 16.5 Å². The molecule has 3 heterocycles. The highest BCUT2D eigenvalue weighted by Crippen LogP contribution is 2.41. The zero-order valence-corrected chi connectivity index (χ0v) is 20.5. The number of likely N-dealkylation sites (tertiary alicyclic amines) is 1. The zero-order valence-electron chi connectivity index (χ0n) is 20.5. The summed E-state index contributed by atoms with van der Waals surface area (Å²) in [6, 6.07) is 18.1. The van der Waals surface area contributed by atoms with Gasteiger partial charge in [-0.15, -0.1) is 0 Å². The second-order valence-corrected chi connectivity index (χ2v) is 10.6. The Kier molecular flexibility index (Phi) is 6.25. The number of rotatable bonds is 6. The van der Waals surface area contributed by atoms with Gasteiger partial charge in [0.2, 0.25) is 5.91 Å². The summed E-state index contributed by atoms with van der Waals surface area (Å²) >= 11 is 0. The Labute approximate surface area is 211 Å². The highest BCUT2D eigenvalue weighted by molar-refractivity contribution is 6.00. The number of aromatic amines is 1. The van der Waals surface area contributed by atoms with Crippen molar-refractivity contribution in [3.8, 4) is 0 Å². The van der Waals surface area contributed by atoms with E-state index >= 15 is 0 Å². The molecule has 188 valence electrons. The number of fused-ring (bicyclic) bond motifs is 1. The third kappa shape index (κ3) is 4.89. The molecule has 6 rings (SSSR count). The maximum absolute atomic E-state index is 13.7. The van der Waals surface area contributed by atoms with E-state index in [2.05, 4.69) is 28.1 Å². The third-order valence-electron chi connectivity index (χ3n) is 7.91. The summed E-state index contributed by atoms with van der Waals surface area (Å²) in [4.78, 5) is 36.1. The lowest BCUT2D eigenvalue weighted by atomic mass is 10.0. The van der Waals surface area contributed by atoms with Crippen LogP contribution >= 0.6 is 0 Å². The molecule has 0 radical (unpaired) electrons. The first-order valence-corrected chi connectivity index (χ1v) is 13.2. The molecule has 1 aliphatic carbocycles. The van der Waals surface area contributed by atoms with Crippen molar-refractivity contribution in [1.29, 1.82) is 0 Å². The lowest BCUT2D eigenvalue weighted by molar-refractivity contribution is -0.140. The standard InChI is InChI=1S/C29H33FN4O2/c30-24-10-12-32(13-11-24)17-25-18-33(19-28(35)34(25)16-20-4-2-1-3-5-20)29(36)27-15-23-14-22(21-6-7-21)8-9-26(23)31-27/h1-5,8-9,14-15,21,24-25,31H,6-7,10-13,16-19H2/t25-/m0/s1. The van der Waals surface area contributed by atoms with E-state index in [1.54, 1.807) is 4.90 Å². The monoisotopic (exact) mass is 488 g/mol. The maximum atomic E-state index is 13.7. The van der Waals surface area contributed by atoms with Crippen LogP contribution in [0.5, 0.6) is 0 Å². The molecule has 6 nitrogen and oxygen atoms in total. The number of amides is 2. The normalized spacial score (nSPS) is 21.9. The van der Waals surface area contributed by atoms with Gasteiger partial charge in [-0.3, -0.25) is 9.59 Å². The molecule has 7 heteroatoms. The Morgan fingerprint density at radius 3 is 2.53 bits per heavy atom. The van der Waals surface area contributed by atoms with Gasteiger partial charge in [-0.2, -0.15) is 0 Å². The molecule has 3 aromatic rings. The number of piperidine rings is 1. The number of aromatic nitrogens is 1. The lowest BCUT2D eigenvalue weighted by Gasteiger charge is -2.43. The minimum Gasteiger partial charge on any atom is -0.351 e. The van der Waals surface area contributed by atoms with E-state index in [0.29, 0.717) is 57.2 Å². The fourth-order valence-corrected chi connectivity index (χ4v) is 5.67. The first kappa shape index (κ1) is 23.2. The molecule has 1 atom stereocenters. The summed E-state index contributed by atoms with van der Waals surface area (Å²) in [6.07, 6.45) is 2.79. The van der Waals surface area contributed by atoms with Crippen molar-refractivity contribution in [2.75, 3.05) is 32.7 Å². The Hall–Kier alpha value is -3.19. The van der Waals surface area contributed by atoms with Gasteiger partial charge in [0.05, 0.1) is 6.04 Å². The van der Waals surface area contributed by atoms with Crippen LogP contribution in [-0.2, 0) is 11.3 Å². The predicted octanol–water partition coefficient (Wildman–Crippen LogP) is 4.33. The lowest BCUT2D eigenvalue weighted by Crippen LogP contribution is -2.60. The molecule has 0 spiro atoms. The number of H-pyrrole nitrogens is 1. The SMILES string of the molecule is O=C(c1cc2cc(C3CC3)ccc2[nH]1)N1CC(=O)N(Cc2ccccc2)[C@@H](CN2CCC(F)CC2)C1. The molecular weight excluding hydrogens is 455 g/mol.